The number of nitrogens with zero attached hydrogens (tertiary/aromatic N) is 1. The van der Waals surface area contributed by atoms with Gasteiger partial charge in [0.15, 0.2) is 0 Å². The Morgan fingerprint density at radius 2 is 1.48 bits per heavy atom. The van der Waals surface area contributed by atoms with Crippen LogP contribution in [0.4, 0.5) is 0 Å². The molecule has 0 amide bonds. The lowest BCUT2D eigenvalue weighted by atomic mass is 10.1. The lowest BCUT2D eigenvalue weighted by molar-refractivity contribution is 0.480. The molecule has 0 saturated heterocycles. The summed E-state index contributed by atoms with van der Waals surface area (Å²) in [5, 5.41) is 10.3. The van der Waals surface area contributed by atoms with Crippen LogP contribution in [0.3, 0.4) is 0 Å². The van der Waals surface area contributed by atoms with Crippen LogP contribution in [0.1, 0.15) is 0 Å². The van der Waals surface area contributed by atoms with E-state index >= 15 is 0 Å². The molecule has 0 aliphatic heterocycles. The molecule has 0 aliphatic carbocycles. The molecule has 0 bridgehead atoms. The van der Waals surface area contributed by atoms with Crippen LogP contribution in [0, 0.1) is 0 Å². The van der Waals surface area contributed by atoms with E-state index in [1.165, 1.54) is 11.1 Å². The van der Waals surface area contributed by atoms with Gasteiger partial charge in [-0.2, -0.15) is 0 Å². The highest BCUT2D eigenvalue weighted by Crippen LogP contribution is 2.28. The second kappa shape index (κ2) is 8.34. The molecular weight excluding hydrogens is 325 g/mol. The van der Waals surface area contributed by atoms with Gasteiger partial charge < -0.3 is 8.90 Å². The largest absolute Gasteiger partial charge is 0.647 e. The van der Waals surface area contributed by atoms with Gasteiger partial charge in [-0.05, 0) is 23.8 Å². The molecule has 4 aromatic rings. The van der Waals surface area contributed by atoms with E-state index in [-0.39, 0.29) is 5.75 Å². The van der Waals surface area contributed by atoms with Gasteiger partial charge in [-0.1, -0.05) is 66.7 Å². The fraction of sp³-hybridized carbons (Fsp3) is 0. The van der Waals surface area contributed by atoms with Crippen molar-refractivity contribution in [3.8, 4) is 22.6 Å². The number of hydrogen-bond donors (Lipinski definition) is 1. The molecule has 0 spiro atoms. The molecule has 0 atom stereocenters. The molecule has 0 aliphatic rings. The summed E-state index contributed by atoms with van der Waals surface area (Å²) in [6.07, 6.45) is 1.67. The normalized spacial score (nSPS) is 9.92. The molecule has 1 heterocycles. The highest BCUT2D eigenvalue weighted by Gasteiger charge is 2.01. The van der Waals surface area contributed by atoms with E-state index in [9.17, 15) is 5.11 Å². The number of hydrogen-bond acceptors (Lipinski definition) is 3. The summed E-state index contributed by atoms with van der Waals surface area (Å²) in [6.45, 7) is 0. The van der Waals surface area contributed by atoms with Crippen molar-refractivity contribution in [1.82, 2.24) is 4.98 Å². The Morgan fingerprint density at radius 3 is 2.24 bits per heavy atom. The highest BCUT2D eigenvalue weighted by atomic mass is 27.1. The zero-order valence-electron chi connectivity index (χ0n) is 14.0. The van der Waals surface area contributed by atoms with Gasteiger partial charge in [0.25, 0.3) is 0 Å². The molecule has 3 nitrogen and oxygen atoms in total. The smallest absolute Gasteiger partial charge is 0.496 e. The van der Waals surface area contributed by atoms with Crippen molar-refractivity contribution in [3.05, 3.63) is 91.1 Å². The summed E-state index contributed by atoms with van der Waals surface area (Å²) in [6, 6.07) is 27.6. The van der Waals surface area contributed by atoms with Crippen molar-refractivity contribution in [2.24, 2.45) is 0 Å². The summed E-state index contributed by atoms with van der Waals surface area (Å²) in [5.74, 6) is 1.22. The fourth-order valence-corrected chi connectivity index (χ4v) is 2.94. The lowest BCUT2D eigenvalue weighted by Gasteiger charge is -2.09. The summed E-state index contributed by atoms with van der Waals surface area (Å²) in [7, 11) is 0. The van der Waals surface area contributed by atoms with E-state index in [4.69, 9.17) is 3.79 Å². The Morgan fingerprint density at radius 1 is 0.760 bits per heavy atom. The van der Waals surface area contributed by atoms with E-state index in [1.807, 2.05) is 54.6 Å². The van der Waals surface area contributed by atoms with Gasteiger partial charge in [0, 0.05) is 17.1 Å². The molecule has 1 N–H and O–H groups in total. The van der Waals surface area contributed by atoms with Crippen molar-refractivity contribution in [1.29, 1.82) is 0 Å². The monoisotopic (exact) mass is 343 g/mol. The van der Waals surface area contributed by atoms with Crippen LogP contribution >= 0.6 is 0 Å². The minimum atomic E-state index is 0.239. The van der Waals surface area contributed by atoms with Gasteiger partial charge in [-0.15, -0.1) is 0 Å². The van der Waals surface area contributed by atoms with Crippen molar-refractivity contribution in [2.75, 3.05) is 0 Å². The first-order chi connectivity index (χ1) is 12.3. The first kappa shape index (κ1) is 17.0. The summed E-state index contributed by atoms with van der Waals surface area (Å²) >= 11 is 0.726. The maximum Gasteiger partial charge on any atom is 0.496 e. The van der Waals surface area contributed by atoms with Crippen LogP contribution in [0.25, 0.3) is 22.0 Å². The van der Waals surface area contributed by atoms with Crippen LogP contribution in [0.2, 0.25) is 0 Å². The minimum Gasteiger partial charge on any atom is -0.647 e. The summed E-state index contributed by atoms with van der Waals surface area (Å²) in [4.78, 5) is 4.03. The Hall–Kier alpha value is -2.80. The zero-order chi connectivity index (χ0) is 17.5. The van der Waals surface area contributed by atoms with E-state index in [2.05, 4.69) is 23.2 Å². The molecule has 122 valence electrons. The molecule has 0 saturated carbocycles. The third kappa shape index (κ3) is 4.19. The van der Waals surface area contributed by atoms with Gasteiger partial charge in [-0.25, -0.2) is 0 Å². The van der Waals surface area contributed by atoms with Gasteiger partial charge in [0.05, 0.1) is 5.75 Å². The number of rotatable bonds is 2. The standard InChI is InChI=1S/C12H10O.C9H7NO.Al.2H/c13-12-9-5-4-8-11(12)10-6-2-1-3-7-10;11-8-5-1-3-7-4-2-6-10-9(7)8;;;/h1-9,13H;1-6,11H;;;/q;;+1;;/p-1. The Kier molecular flexibility index (Phi) is 5.69. The molecule has 25 heavy (non-hydrogen) atoms. The van der Waals surface area contributed by atoms with Crippen LogP contribution in [0.5, 0.6) is 11.5 Å². The number of phenols is 1. The van der Waals surface area contributed by atoms with Crippen molar-refractivity contribution in [3.63, 3.8) is 0 Å². The number of phenolic OH excluding ortho intramolecular Hbond substituents is 1. The average molecular weight is 343 g/mol. The number of para-hydroxylation sites is 2. The van der Waals surface area contributed by atoms with Crippen LogP contribution in [-0.2, 0) is 0 Å². The SMILES string of the molecule is Oc1cccc2cccnc12.[AlH2][O]c1ccccc1-c1ccccc1. The molecule has 0 fully saturated rings. The molecule has 3 aromatic carbocycles. The molecular formula is C21H18AlNO2. The quantitative estimate of drug-likeness (QED) is 0.554. The number of pyridine rings is 1. The average Bonchev–Trinajstić information content (AvgIpc) is 2.69. The van der Waals surface area contributed by atoms with Crippen LogP contribution in [0.15, 0.2) is 91.1 Å². The Labute approximate surface area is 155 Å². The fourth-order valence-electron chi connectivity index (χ4n) is 2.59. The topological polar surface area (TPSA) is 42.4 Å². The molecule has 4 heteroatoms. The molecule has 0 unspecified atom stereocenters. The predicted octanol–water partition coefficient (Wildman–Crippen LogP) is 4.22. The third-order valence-corrected chi connectivity index (χ3v) is 4.24. The number of benzene rings is 3. The van der Waals surface area contributed by atoms with Gasteiger partial charge in [-0.3, -0.25) is 4.98 Å². The first-order valence-corrected chi connectivity index (χ1v) is 8.82. The maximum absolute atomic E-state index is 9.31. The van der Waals surface area contributed by atoms with Crippen molar-refractivity contribution >= 4 is 27.5 Å². The zero-order valence-corrected chi connectivity index (χ0v) is 16.0. The molecule has 1 aromatic heterocycles. The molecule has 0 radical (unpaired) electrons. The number of fused-ring (bicyclic) bond motifs is 1. The highest BCUT2D eigenvalue weighted by molar-refractivity contribution is 6.00. The van der Waals surface area contributed by atoms with Gasteiger partial charge in [0.2, 0.25) is 0 Å². The Bertz CT molecular complexity index is 953. The van der Waals surface area contributed by atoms with E-state index in [1.54, 1.807) is 18.3 Å². The van der Waals surface area contributed by atoms with Crippen molar-refractivity contribution in [2.45, 2.75) is 0 Å². The third-order valence-electron chi connectivity index (χ3n) is 3.80. The van der Waals surface area contributed by atoms with E-state index in [0.29, 0.717) is 5.52 Å². The van der Waals surface area contributed by atoms with Gasteiger partial charge in [0.1, 0.15) is 11.3 Å². The predicted molar refractivity (Wildman–Crippen MR) is 104 cm³/mol. The van der Waals surface area contributed by atoms with E-state index in [0.717, 1.165) is 27.8 Å². The number of aromatic nitrogens is 1. The summed E-state index contributed by atoms with van der Waals surface area (Å²) < 4.78 is 5.44. The molecule has 4 rings (SSSR count). The Balaban J connectivity index is 0.000000150. The minimum absolute atomic E-state index is 0.239. The summed E-state index contributed by atoms with van der Waals surface area (Å²) in [5.41, 5.74) is 3.04. The second-order valence-corrected chi connectivity index (χ2v) is 5.83. The number of aromatic hydroxyl groups is 1. The lowest BCUT2D eigenvalue weighted by Crippen LogP contribution is -1.88. The van der Waals surface area contributed by atoms with Gasteiger partial charge >= 0.3 is 16.6 Å². The maximum atomic E-state index is 9.31. The van der Waals surface area contributed by atoms with Crippen LogP contribution in [-0.4, -0.2) is 26.7 Å². The first-order valence-electron chi connectivity index (χ1n) is 8.01. The van der Waals surface area contributed by atoms with E-state index < -0.39 is 0 Å². The van der Waals surface area contributed by atoms with Crippen LogP contribution < -0.4 is 3.79 Å². The second-order valence-electron chi connectivity index (χ2n) is 5.42. The van der Waals surface area contributed by atoms with Crippen molar-refractivity contribution < 1.29 is 8.90 Å².